The van der Waals surface area contributed by atoms with E-state index in [1.54, 1.807) is 7.11 Å². The van der Waals surface area contributed by atoms with Crippen molar-refractivity contribution in [2.24, 2.45) is 0 Å². The largest absolute Gasteiger partial charge is 0.383 e. The second-order valence-electron chi connectivity index (χ2n) is 6.75. The van der Waals surface area contributed by atoms with Crippen LogP contribution in [0.2, 0.25) is 0 Å². The Bertz CT molecular complexity index is 1100. The van der Waals surface area contributed by atoms with Crippen molar-refractivity contribution in [3.05, 3.63) is 36.5 Å². The standard InChI is InChI=1S/C19H23N7O/c1-12(2)26-13(3)23-18-16(26)9-14(10-21-18)15-5-7-25-17(15)11-22-19(24-25)20-6-8-27-4/h5,7,9-12H,6,8H2,1-4H3,(H,20,24). The van der Waals surface area contributed by atoms with E-state index in [4.69, 9.17) is 4.74 Å². The molecule has 8 nitrogen and oxygen atoms in total. The lowest BCUT2D eigenvalue weighted by molar-refractivity contribution is 0.210. The average molecular weight is 365 g/mol. The summed E-state index contributed by atoms with van der Waals surface area (Å²) in [5, 5.41) is 7.65. The molecular weight excluding hydrogens is 342 g/mol. The van der Waals surface area contributed by atoms with E-state index in [1.807, 2.05) is 36.1 Å². The lowest BCUT2D eigenvalue weighted by Gasteiger charge is -2.11. The minimum atomic E-state index is 0.321. The molecule has 4 heterocycles. The van der Waals surface area contributed by atoms with Gasteiger partial charge in [0.15, 0.2) is 5.65 Å². The van der Waals surface area contributed by atoms with Gasteiger partial charge in [-0.3, -0.25) is 0 Å². The normalized spacial score (nSPS) is 11.7. The lowest BCUT2D eigenvalue weighted by atomic mass is 10.1. The molecule has 4 rings (SSSR count). The van der Waals surface area contributed by atoms with Gasteiger partial charge >= 0.3 is 0 Å². The van der Waals surface area contributed by atoms with Gasteiger partial charge in [-0.15, -0.1) is 5.10 Å². The van der Waals surface area contributed by atoms with E-state index in [2.05, 4.69) is 49.8 Å². The fourth-order valence-electron chi connectivity index (χ4n) is 3.38. The van der Waals surface area contributed by atoms with Gasteiger partial charge < -0.3 is 14.6 Å². The van der Waals surface area contributed by atoms with Gasteiger partial charge in [0.2, 0.25) is 5.95 Å². The smallest absolute Gasteiger partial charge is 0.241 e. The van der Waals surface area contributed by atoms with E-state index in [9.17, 15) is 0 Å². The number of nitrogens with zero attached hydrogens (tertiary/aromatic N) is 6. The number of imidazole rings is 1. The molecule has 0 bridgehead atoms. The van der Waals surface area contributed by atoms with E-state index in [0.717, 1.165) is 33.6 Å². The number of anilines is 1. The summed E-state index contributed by atoms with van der Waals surface area (Å²) in [5.74, 6) is 1.55. The molecule has 27 heavy (non-hydrogen) atoms. The zero-order valence-electron chi connectivity index (χ0n) is 16.0. The molecule has 0 fully saturated rings. The van der Waals surface area contributed by atoms with Crippen LogP contribution in [0.1, 0.15) is 25.7 Å². The lowest BCUT2D eigenvalue weighted by Crippen LogP contribution is -2.11. The number of hydrogen-bond acceptors (Lipinski definition) is 6. The molecule has 0 amide bonds. The minimum absolute atomic E-state index is 0.321. The van der Waals surface area contributed by atoms with E-state index in [0.29, 0.717) is 25.1 Å². The Labute approximate surface area is 157 Å². The first-order chi connectivity index (χ1) is 13.1. The van der Waals surface area contributed by atoms with Crippen LogP contribution in [-0.4, -0.2) is 49.4 Å². The first kappa shape index (κ1) is 17.4. The van der Waals surface area contributed by atoms with Crippen molar-refractivity contribution in [1.29, 1.82) is 0 Å². The molecule has 0 aliphatic rings. The Morgan fingerprint density at radius 3 is 2.81 bits per heavy atom. The molecule has 0 spiro atoms. The van der Waals surface area contributed by atoms with Crippen LogP contribution in [0.25, 0.3) is 27.8 Å². The number of ether oxygens (including phenoxy) is 1. The van der Waals surface area contributed by atoms with E-state index in [-0.39, 0.29) is 0 Å². The van der Waals surface area contributed by atoms with Gasteiger partial charge in [0.25, 0.3) is 0 Å². The van der Waals surface area contributed by atoms with Gasteiger partial charge in [-0.1, -0.05) is 0 Å². The quantitative estimate of drug-likeness (QED) is 0.529. The first-order valence-corrected chi connectivity index (χ1v) is 9.00. The van der Waals surface area contributed by atoms with Gasteiger partial charge in [-0.2, -0.15) is 0 Å². The van der Waals surface area contributed by atoms with Gasteiger partial charge in [0.1, 0.15) is 5.82 Å². The zero-order valence-corrected chi connectivity index (χ0v) is 16.0. The molecule has 0 aliphatic carbocycles. The molecule has 0 radical (unpaired) electrons. The third kappa shape index (κ3) is 3.12. The van der Waals surface area contributed by atoms with Crippen LogP contribution in [0, 0.1) is 6.92 Å². The number of rotatable bonds is 6. The molecule has 0 unspecified atom stereocenters. The van der Waals surface area contributed by atoms with Crippen molar-refractivity contribution >= 4 is 22.6 Å². The summed E-state index contributed by atoms with van der Waals surface area (Å²) in [6, 6.07) is 4.50. The number of aryl methyl sites for hydroxylation is 1. The molecular formula is C19H23N7O. The second kappa shape index (κ2) is 6.96. The van der Waals surface area contributed by atoms with Gasteiger partial charge in [-0.05, 0) is 32.9 Å². The highest BCUT2D eigenvalue weighted by Gasteiger charge is 2.14. The molecule has 0 atom stereocenters. The van der Waals surface area contributed by atoms with Crippen LogP contribution < -0.4 is 5.32 Å². The zero-order chi connectivity index (χ0) is 19.0. The summed E-state index contributed by atoms with van der Waals surface area (Å²) in [6.07, 6.45) is 5.62. The molecule has 4 aromatic heterocycles. The number of hydrogen-bond donors (Lipinski definition) is 1. The van der Waals surface area contributed by atoms with Crippen LogP contribution in [0.4, 0.5) is 5.95 Å². The van der Waals surface area contributed by atoms with Gasteiger partial charge in [0, 0.05) is 43.2 Å². The Hall–Kier alpha value is -3.00. The summed E-state index contributed by atoms with van der Waals surface area (Å²) < 4.78 is 9.07. The maximum absolute atomic E-state index is 5.04. The van der Waals surface area contributed by atoms with Crippen LogP contribution in [-0.2, 0) is 4.74 Å². The predicted molar refractivity (Wildman–Crippen MR) is 105 cm³/mol. The van der Waals surface area contributed by atoms with Crippen molar-refractivity contribution in [2.75, 3.05) is 25.6 Å². The number of pyridine rings is 1. The highest BCUT2D eigenvalue weighted by atomic mass is 16.5. The van der Waals surface area contributed by atoms with Crippen LogP contribution in [0.15, 0.2) is 30.7 Å². The second-order valence-corrected chi connectivity index (χ2v) is 6.75. The van der Waals surface area contributed by atoms with Crippen molar-refractivity contribution in [3.63, 3.8) is 0 Å². The van der Waals surface area contributed by atoms with Crippen molar-refractivity contribution < 1.29 is 4.74 Å². The molecule has 0 aromatic carbocycles. The van der Waals surface area contributed by atoms with E-state index >= 15 is 0 Å². The Kier molecular flexibility index (Phi) is 4.49. The molecule has 8 heteroatoms. The first-order valence-electron chi connectivity index (χ1n) is 9.00. The Morgan fingerprint density at radius 2 is 2.04 bits per heavy atom. The molecule has 0 aliphatic heterocycles. The summed E-state index contributed by atoms with van der Waals surface area (Å²) in [5.41, 5.74) is 4.81. The van der Waals surface area contributed by atoms with Crippen LogP contribution in [0.3, 0.4) is 0 Å². The van der Waals surface area contributed by atoms with E-state index < -0.39 is 0 Å². The molecule has 0 saturated carbocycles. The number of aromatic nitrogens is 6. The topological polar surface area (TPSA) is 82.2 Å². The summed E-state index contributed by atoms with van der Waals surface area (Å²) in [4.78, 5) is 13.5. The van der Waals surface area contributed by atoms with Crippen molar-refractivity contribution in [3.8, 4) is 11.1 Å². The molecule has 4 aromatic rings. The van der Waals surface area contributed by atoms with Gasteiger partial charge in [-0.25, -0.2) is 19.5 Å². The van der Waals surface area contributed by atoms with E-state index in [1.165, 1.54) is 0 Å². The number of nitrogens with one attached hydrogen (secondary N) is 1. The summed E-state index contributed by atoms with van der Waals surface area (Å²) in [6.45, 7) is 7.59. The average Bonchev–Trinajstić information content (AvgIpc) is 3.20. The van der Waals surface area contributed by atoms with Crippen LogP contribution >= 0.6 is 0 Å². The molecule has 140 valence electrons. The summed E-state index contributed by atoms with van der Waals surface area (Å²) >= 11 is 0. The van der Waals surface area contributed by atoms with Crippen LogP contribution in [0.5, 0.6) is 0 Å². The Balaban J connectivity index is 1.74. The third-order valence-electron chi connectivity index (χ3n) is 4.56. The molecule has 0 saturated heterocycles. The SMILES string of the molecule is COCCNc1ncc2c(-c3cnc4nc(C)n(C(C)C)c4c3)ccn2n1. The maximum Gasteiger partial charge on any atom is 0.241 e. The fourth-order valence-corrected chi connectivity index (χ4v) is 3.38. The maximum atomic E-state index is 5.04. The number of fused-ring (bicyclic) bond motifs is 2. The third-order valence-corrected chi connectivity index (χ3v) is 4.56. The Morgan fingerprint density at radius 1 is 1.19 bits per heavy atom. The summed E-state index contributed by atoms with van der Waals surface area (Å²) in [7, 11) is 1.67. The highest BCUT2D eigenvalue weighted by Crippen LogP contribution is 2.28. The monoisotopic (exact) mass is 365 g/mol. The fraction of sp³-hybridized carbons (Fsp3) is 0.368. The highest BCUT2D eigenvalue weighted by molar-refractivity contribution is 5.85. The molecule has 1 N–H and O–H groups in total. The van der Waals surface area contributed by atoms with Crippen molar-refractivity contribution in [2.45, 2.75) is 26.8 Å². The van der Waals surface area contributed by atoms with Crippen molar-refractivity contribution in [1.82, 2.24) is 29.1 Å². The number of methoxy groups -OCH3 is 1. The predicted octanol–water partition coefficient (Wildman–Crippen LogP) is 3.09. The minimum Gasteiger partial charge on any atom is -0.383 e. The van der Waals surface area contributed by atoms with Gasteiger partial charge in [0.05, 0.1) is 23.8 Å².